The first-order valence-corrected chi connectivity index (χ1v) is 3.95. The van der Waals surface area contributed by atoms with Crippen molar-refractivity contribution in [1.82, 2.24) is 0 Å². The zero-order valence-corrected chi connectivity index (χ0v) is 7.68. The van der Waals surface area contributed by atoms with Gasteiger partial charge in [-0.15, -0.1) is 0 Å². The molecular formula is C9H16O2. The van der Waals surface area contributed by atoms with Gasteiger partial charge >= 0.3 is 5.97 Å². The number of allylic oxidation sites excluding steroid dienone is 1. The van der Waals surface area contributed by atoms with Gasteiger partial charge in [0.05, 0.1) is 6.10 Å². The van der Waals surface area contributed by atoms with Crippen LogP contribution in [0.3, 0.4) is 0 Å². The minimum absolute atomic E-state index is 0.0254. The Morgan fingerprint density at radius 1 is 1.64 bits per heavy atom. The first kappa shape index (κ1) is 10.2. The number of hydrogen-bond acceptors (Lipinski definition) is 2. The van der Waals surface area contributed by atoms with Crippen LogP contribution in [-0.2, 0) is 9.53 Å². The first-order chi connectivity index (χ1) is 5.11. The molecule has 11 heavy (non-hydrogen) atoms. The van der Waals surface area contributed by atoms with Gasteiger partial charge in [-0.1, -0.05) is 13.0 Å². The predicted molar refractivity (Wildman–Crippen MR) is 45.3 cm³/mol. The molecule has 0 spiro atoms. The monoisotopic (exact) mass is 156 g/mol. The van der Waals surface area contributed by atoms with Crippen LogP contribution in [0.25, 0.3) is 0 Å². The van der Waals surface area contributed by atoms with Crippen LogP contribution in [0.2, 0.25) is 0 Å². The summed E-state index contributed by atoms with van der Waals surface area (Å²) in [5.41, 5.74) is 0.672. The van der Waals surface area contributed by atoms with Crippen LogP contribution < -0.4 is 0 Å². The molecule has 2 nitrogen and oxygen atoms in total. The van der Waals surface area contributed by atoms with Gasteiger partial charge in [0.1, 0.15) is 0 Å². The third-order valence-corrected chi connectivity index (χ3v) is 1.64. The second-order valence-electron chi connectivity index (χ2n) is 2.60. The Morgan fingerprint density at radius 2 is 2.18 bits per heavy atom. The van der Waals surface area contributed by atoms with Crippen LogP contribution in [-0.4, -0.2) is 12.1 Å². The molecule has 1 unspecified atom stereocenters. The van der Waals surface area contributed by atoms with E-state index in [1.165, 1.54) is 0 Å². The molecule has 0 aromatic rings. The lowest BCUT2D eigenvalue weighted by atomic mass is 10.3. The Bertz CT molecular complexity index is 159. The number of ether oxygens (including phenoxy) is 1. The van der Waals surface area contributed by atoms with E-state index >= 15 is 0 Å². The fraction of sp³-hybridized carbons (Fsp3) is 0.667. The second-order valence-corrected chi connectivity index (χ2v) is 2.60. The van der Waals surface area contributed by atoms with Crippen molar-refractivity contribution >= 4 is 5.97 Å². The Hall–Kier alpha value is -0.790. The number of carbonyl (C=O) groups is 1. The summed E-state index contributed by atoms with van der Waals surface area (Å²) >= 11 is 0. The molecule has 0 aromatic carbocycles. The van der Waals surface area contributed by atoms with Gasteiger partial charge in [0.25, 0.3) is 0 Å². The van der Waals surface area contributed by atoms with E-state index < -0.39 is 0 Å². The highest BCUT2D eigenvalue weighted by atomic mass is 16.5. The van der Waals surface area contributed by atoms with E-state index in [2.05, 4.69) is 0 Å². The summed E-state index contributed by atoms with van der Waals surface area (Å²) in [6, 6.07) is 0. The normalized spacial score (nSPS) is 14.4. The van der Waals surface area contributed by atoms with Crippen LogP contribution in [0.15, 0.2) is 11.6 Å². The van der Waals surface area contributed by atoms with Crippen molar-refractivity contribution in [3.05, 3.63) is 11.6 Å². The number of rotatable bonds is 3. The van der Waals surface area contributed by atoms with Gasteiger partial charge in [-0.25, -0.2) is 4.79 Å². The van der Waals surface area contributed by atoms with Crippen molar-refractivity contribution in [3.63, 3.8) is 0 Å². The SMILES string of the molecule is CC=C(C)C(=O)OC(C)CC. The van der Waals surface area contributed by atoms with E-state index in [0.29, 0.717) is 5.57 Å². The number of carbonyl (C=O) groups excluding carboxylic acids is 1. The zero-order valence-electron chi connectivity index (χ0n) is 7.68. The van der Waals surface area contributed by atoms with Crippen molar-refractivity contribution in [2.24, 2.45) is 0 Å². The summed E-state index contributed by atoms with van der Waals surface area (Å²) in [5.74, 6) is -0.207. The van der Waals surface area contributed by atoms with E-state index in [1.54, 1.807) is 13.0 Å². The van der Waals surface area contributed by atoms with Crippen LogP contribution in [0.5, 0.6) is 0 Å². The Labute approximate surface area is 68.2 Å². The molecule has 0 rings (SSSR count). The summed E-state index contributed by atoms with van der Waals surface area (Å²) in [6.07, 6.45) is 2.64. The molecule has 0 saturated heterocycles. The van der Waals surface area contributed by atoms with Crippen LogP contribution in [0.4, 0.5) is 0 Å². The smallest absolute Gasteiger partial charge is 0.333 e. The van der Waals surface area contributed by atoms with E-state index in [0.717, 1.165) is 6.42 Å². The average molecular weight is 156 g/mol. The number of hydrogen-bond donors (Lipinski definition) is 0. The fourth-order valence-electron chi connectivity index (χ4n) is 0.477. The molecular weight excluding hydrogens is 140 g/mol. The highest BCUT2D eigenvalue weighted by molar-refractivity contribution is 5.87. The van der Waals surface area contributed by atoms with Gasteiger partial charge in [-0.05, 0) is 27.2 Å². The Kier molecular flexibility index (Phi) is 4.59. The van der Waals surface area contributed by atoms with Crippen LogP contribution in [0.1, 0.15) is 34.1 Å². The molecule has 0 N–H and O–H groups in total. The Balaban J connectivity index is 3.88. The van der Waals surface area contributed by atoms with Gasteiger partial charge in [-0.3, -0.25) is 0 Å². The van der Waals surface area contributed by atoms with E-state index in [4.69, 9.17) is 4.74 Å². The molecule has 0 fully saturated rings. The van der Waals surface area contributed by atoms with Crippen molar-refractivity contribution in [2.75, 3.05) is 0 Å². The van der Waals surface area contributed by atoms with Crippen molar-refractivity contribution in [2.45, 2.75) is 40.2 Å². The average Bonchev–Trinajstić information content (AvgIpc) is 2.02. The molecule has 0 heterocycles. The van der Waals surface area contributed by atoms with Crippen LogP contribution >= 0.6 is 0 Å². The third kappa shape index (κ3) is 3.81. The molecule has 0 aromatic heterocycles. The minimum atomic E-state index is -0.207. The lowest BCUT2D eigenvalue weighted by molar-refractivity contribution is -0.143. The molecule has 1 atom stereocenters. The lowest BCUT2D eigenvalue weighted by Crippen LogP contribution is -2.14. The number of esters is 1. The first-order valence-electron chi connectivity index (χ1n) is 3.95. The Morgan fingerprint density at radius 3 is 2.55 bits per heavy atom. The quantitative estimate of drug-likeness (QED) is 0.463. The highest BCUT2D eigenvalue weighted by Gasteiger charge is 2.07. The van der Waals surface area contributed by atoms with Gasteiger partial charge in [0, 0.05) is 5.57 Å². The molecule has 2 heteroatoms. The van der Waals surface area contributed by atoms with Crippen molar-refractivity contribution < 1.29 is 9.53 Å². The van der Waals surface area contributed by atoms with Gasteiger partial charge in [0.15, 0.2) is 0 Å². The fourth-order valence-corrected chi connectivity index (χ4v) is 0.477. The maximum atomic E-state index is 11.1. The van der Waals surface area contributed by atoms with Crippen molar-refractivity contribution in [3.8, 4) is 0 Å². The molecule has 0 aliphatic carbocycles. The maximum Gasteiger partial charge on any atom is 0.333 e. The summed E-state index contributed by atoms with van der Waals surface area (Å²) < 4.78 is 5.04. The summed E-state index contributed by atoms with van der Waals surface area (Å²) in [7, 11) is 0. The minimum Gasteiger partial charge on any atom is -0.459 e. The molecule has 0 aliphatic heterocycles. The van der Waals surface area contributed by atoms with Crippen LogP contribution in [0, 0.1) is 0 Å². The molecule has 0 saturated carbocycles. The van der Waals surface area contributed by atoms with Crippen molar-refractivity contribution in [1.29, 1.82) is 0 Å². The summed E-state index contributed by atoms with van der Waals surface area (Å²) in [5, 5.41) is 0. The van der Waals surface area contributed by atoms with Gasteiger partial charge in [-0.2, -0.15) is 0 Å². The predicted octanol–water partition coefficient (Wildman–Crippen LogP) is 2.29. The van der Waals surface area contributed by atoms with Gasteiger partial charge < -0.3 is 4.74 Å². The molecule has 0 radical (unpaired) electrons. The second kappa shape index (κ2) is 4.94. The standard InChI is InChI=1S/C9H16O2/c1-5-7(3)9(10)11-8(4)6-2/h5,8H,6H2,1-4H3. The molecule has 0 aliphatic rings. The maximum absolute atomic E-state index is 11.1. The zero-order chi connectivity index (χ0) is 8.85. The molecule has 0 bridgehead atoms. The van der Waals surface area contributed by atoms with E-state index in [1.807, 2.05) is 20.8 Å². The van der Waals surface area contributed by atoms with E-state index in [9.17, 15) is 4.79 Å². The molecule has 0 amide bonds. The molecule has 64 valence electrons. The largest absolute Gasteiger partial charge is 0.459 e. The highest BCUT2D eigenvalue weighted by Crippen LogP contribution is 2.02. The topological polar surface area (TPSA) is 26.3 Å². The van der Waals surface area contributed by atoms with Gasteiger partial charge in [0.2, 0.25) is 0 Å². The summed E-state index contributed by atoms with van der Waals surface area (Å²) in [4.78, 5) is 11.1. The lowest BCUT2D eigenvalue weighted by Gasteiger charge is -2.10. The third-order valence-electron chi connectivity index (χ3n) is 1.64. The van der Waals surface area contributed by atoms with E-state index in [-0.39, 0.29) is 12.1 Å². The summed E-state index contributed by atoms with van der Waals surface area (Å²) in [6.45, 7) is 7.46.